The molecule has 1 aliphatic heterocycles. The van der Waals surface area contributed by atoms with Crippen molar-refractivity contribution in [3.05, 3.63) is 28.8 Å². The molecule has 1 aromatic rings. The molecule has 2 heteroatoms. The largest absolute Gasteiger partial charge is 0.385 e. The summed E-state index contributed by atoms with van der Waals surface area (Å²) in [7, 11) is 0. The Bertz CT molecular complexity index is 392. The third-order valence-corrected chi connectivity index (χ3v) is 4.06. The van der Waals surface area contributed by atoms with Gasteiger partial charge in [-0.15, -0.1) is 0 Å². The molecule has 1 saturated heterocycles. The van der Waals surface area contributed by atoms with Crippen LogP contribution < -0.4 is 10.6 Å². The molecule has 0 saturated carbocycles. The molecule has 1 atom stereocenters. The standard InChI is InChI=1S/C16H26N2/c1-12-10-14(3)16(11-13(12)2)18-9-7-15-6-4-5-8-17-15/h10-11,15,17-18H,4-9H2,1-3H3. The molecule has 100 valence electrons. The maximum atomic E-state index is 3.60. The molecule has 1 fully saturated rings. The second kappa shape index (κ2) is 6.24. The van der Waals surface area contributed by atoms with Gasteiger partial charge in [0.1, 0.15) is 0 Å². The first kappa shape index (κ1) is 13.4. The van der Waals surface area contributed by atoms with E-state index in [1.165, 1.54) is 54.6 Å². The maximum Gasteiger partial charge on any atom is 0.0372 e. The number of piperidine rings is 1. The molecular formula is C16H26N2. The lowest BCUT2D eigenvalue weighted by atomic mass is 10.0. The van der Waals surface area contributed by atoms with Crippen molar-refractivity contribution in [2.45, 2.75) is 52.5 Å². The summed E-state index contributed by atoms with van der Waals surface area (Å²) in [5.41, 5.74) is 5.41. The summed E-state index contributed by atoms with van der Waals surface area (Å²) < 4.78 is 0. The first-order valence-corrected chi connectivity index (χ1v) is 7.22. The lowest BCUT2D eigenvalue weighted by Gasteiger charge is -2.24. The second-order valence-electron chi connectivity index (χ2n) is 5.61. The highest BCUT2D eigenvalue weighted by Gasteiger charge is 2.11. The Morgan fingerprint density at radius 1 is 1.11 bits per heavy atom. The Morgan fingerprint density at radius 2 is 1.89 bits per heavy atom. The van der Waals surface area contributed by atoms with Crippen molar-refractivity contribution < 1.29 is 0 Å². The van der Waals surface area contributed by atoms with Crippen LogP contribution in [-0.4, -0.2) is 19.1 Å². The van der Waals surface area contributed by atoms with Gasteiger partial charge in [0, 0.05) is 18.3 Å². The zero-order valence-corrected chi connectivity index (χ0v) is 12.0. The zero-order valence-electron chi connectivity index (χ0n) is 12.0. The van der Waals surface area contributed by atoms with Crippen LogP contribution in [0, 0.1) is 20.8 Å². The lowest BCUT2D eigenvalue weighted by Crippen LogP contribution is -2.35. The molecule has 0 radical (unpaired) electrons. The smallest absolute Gasteiger partial charge is 0.0372 e. The molecule has 1 unspecified atom stereocenters. The predicted octanol–water partition coefficient (Wildman–Crippen LogP) is 3.56. The van der Waals surface area contributed by atoms with Gasteiger partial charge in [-0.3, -0.25) is 0 Å². The fraction of sp³-hybridized carbons (Fsp3) is 0.625. The van der Waals surface area contributed by atoms with Gasteiger partial charge in [-0.2, -0.15) is 0 Å². The number of aryl methyl sites for hydroxylation is 3. The Labute approximate surface area is 111 Å². The van der Waals surface area contributed by atoms with Gasteiger partial charge in [0.15, 0.2) is 0 Å². The average Bonchev–Trinajstić information content (AvgIpc) is 2.37. The zero-order chi connectivity index (χ0) is 13.0. The van der Waals surface area contributed by atoms with Gasteiger partial charge in [0.05, 0.1) is 0 Å². The monoisotopic (exact) mass is 246 g/mol. The second-order valence-corrected chi connectivity index (χ2v) is 5.61. The van der Waals surface area contributed by atoms with E-state index in [1.54, 1.807) is 0 Å². The van der Waals surface area contributed by atoms with E-state index in [-0.39, 0.29) is 0 Å². The summed E-state index contributed by atoms with van der Waals surface area (Å²) >= 11 is 0. The first-order chi connectivity index (χ1) is 8.66. The first-order valence-electron chi connectivity index (χ1n) is 7.22. The van der Waals surface area contributed by atoms with Crippen molar-refractivity contribution in [1.82, 2.24) is 5.32 Å². The molecule has 18 heavy (non-hydrogen) atoms. The number of nitrogens with one attached hydrogen (secondary N) is 2. The van der Waals surface area contributed by atoms with Crippen molar-refractivity contribution in [3.63, 3.8) is 0 Å². The normalized spacial score (nSPS) is 19.8. The molecule has 2 N–H and O–H groups in total. The van der Waals surface area contributed by atoms with Crippen LogP contribution in [-0.2, 0) is 0 Å². The van der Waals surface area contributed by atoms with Crippen LogP contribution in [0.3, 0.4) is 0 Å². The van der Waals surface area contributed by atoms with Gasteiger partial charge >= 0.3 is 0 Å². The molecule has 0 spiro atoms. The summed E-state index contributed by atoms with van der Waals surface area (Å²) in [5, 5.41) is 7.19. The van der Waals surface area contributed by atoms with Crippen LogP contribution >= 0.6 is 0 Å². The van der Waals surface area contributed by atoms with E-state index >= 15 is 0 Å². The number of hydrogen-bond donors (Lipinski definition) is 2. The van der Waals surface area contributed by atoms with Crippen LogP contribution in [0.2, 0.25) is 0 Å². The summed E-state index contributed by atoms with van der Waals surface area (Å²) in [6.07, 6.45) is 5.31. The number of anilines is 1. The summed E-state index contributed by atoms with van der Waals surface area (Å²) in [6.45, 7) is 8.82. The molecule has 1 aliphatic rings. The topological polar surface area (TPSA) is 24.1 Å². The summed E-state index contributed by atoms with van der Waals surface area (Å²) in [4.78, 5) is 0. The van der Waals surface area contributed by atoms with Crippen molar-refractivity contribution in [3.8, 4) is 0 Å². The molecule has 2 nitrogen and oxygen atoms in total. The summed E-state index contributed by atoms with van der Waals surface area (Å²) in [5.74, 6) is 0. The number of benzene rings is 1. The van der Waals surface area contributed by atoms with Crippen molar-refractivity contribution >= 4 is 5.69 Å². The Balaban J connectivity index is 1.84. The third kappa shape index (κ3) is 3.49. The van der Waals surface area contributed by atoms with Crippen LogP contribution in [0.5, 0.6) is 0 Å². The van der Waals surface area contributed by atoms with Gasteiger partial charge < -0.3 is 10.6 Å². The number of hydrogen-bond acceptors (Lipinski definition) is 2. The van der Waals surface area contributed by atoms with E-state index in [2.05, 4.69) is 43.5 Å². The molecule has 0 aliphatic carbocycles. The summed E-state index contributed by atoms with van der Waals surface area (Å²) in [6, 6.07) is 5.27. The molecule has 0 bridgehead atoms. The van der Waals surface area contributed by atoms with Crippen molar-refractivity contribution in [2.75, 3.05) is 18.4 Å². The van der Waals surface area contributed by atoms with Gasteiger partial charge in [-0.1, -0.05) is 12.5 Å². The van der Waals surface area contributed by atoms with E-state index in [0.717, 1.165) is 12.6 Å². The molecule has 2 rings (SSSR count). The molecule has 0 amide bonds. The Kier molecular flexibility index (Phi) is 4.65. The van der Waals surface area contributed by atoms with Crippen molar-refractivity contribution in [2.24, 2.45) is 0 Å². The van der Waals surface area contributed by atoms with Gasteiger partial charge in [0.2, 0.25) is 0 Å². The minimum atomic E-state index is 0.720. The third-order valence-electron chi connectivity index (χ3n) is 4.06. The SMILES string of the molecule is Cc1cc(C)c(NCCC2CCCCN2)cc1C. The minimum Gasteiger partial charge on any atom is -0.385 e. The number of rotatable bonds is 4. The van der Waals surface area contributed by atoms with Crippen molar-refractivity contribution in [1.29, 1.82) is 0 Å². The van der Waals surface area contributed by atoms with E-state index in [4.69, 9.17) is 0 Å². The average molecular weight is 246 g/mol. The fourth-order valence-electron chi connectivity index (χ4n) is 2.70. The Morgan fingerprint density at radius 3 is 2.61 bits per heavy atom. The lowest BCUT2D eigenvalue weighted by molar-refractivity contribution is 0.389. The molecular weight excluding hydrogens is 220 g/mol. The predicted molar refractivity (Wildman–Crippen MR) is 79.4 cm³/mol. The minimum absolute atomic E-state index is 0.720. The van der Waals surface area contributed by atoms with Gasteiger partial charge in [0.25, 0.3) is 0 Å². The van der Waals surface area contributed by atoms with Gasteiger partial charge in [-0.05, 0) is 69.3 Å². The van der Waals surface area contributed by atoms with Crippen LogP contribution in [0.15, 0.2) is 12.1 Å². The highest BCUT2D eigenvalue weighted by atomic mass is 14.9. The van der Waals surface area contributed by atoms with Gasteiger partial charge in [-0.25, -0.2) is 0 Å². The van der Waals surface area contributed by atoms with E-state index in [0.29, 0.717) is 0 Å². The molecule has 1 aromatic carbocycles. The van der Waals surface area contributed by atoms with E-state index in [1.807, 2.05) is 0 Å². The van der Waals surface area contributed by atoms with E-state index in [9.17, 15) is 0 Å². The highest BCUT2D eigenvalue weighted by Crippen LogP contribution is 2.20. The quantitative estimate of drug-likeness (QED) is 0.849. The molecule has 0 aromatic heterocycles. The highest BCUT2D eigenvalue weighted by molar-refractivity contribution is 5.54. The van der Waals surface area contributed by atoms with Crippen LogP contribution in [0.4, 0.5) is 5.69 Å². The molecule has 1 heterocycles. The Hall–Kier alpha value is -1.02. The van der Waals surface area contributed by atoms with Crippen LogP contribution in [0.25, 0.3) is 0 Å². The fourth-order valence-corrected chi connectivity index (χ4v) is 2.70. The maximum absolute atomic E-state index is 3.60. The van der Waals surface area contributed by atoms with Crippen LogP contribution in [0.1, 0.15) is 42.4 Å². The van der Waals surface area contributed by atoms with E-state index < -0.39 is 0 Å².